The minimum atomic E-state index is -0.294. The van der Waals surface area contributed by atoms with E-state index in [-0.39, 0.29) is 5.91 Å². The van der Waals surface area contributed by atoms with Crippen LogP contribution < -0.4 is 14.8 Å². The number of methoxy groups -OCH3 is 2. The lowest BCUT2D eigenvalue weighted by molar-refractivity contribution is 0.102. The summed E-state index contributed by atoms with van der Waals surface area (Å²) in [6.45, 7) is 0. The molecule has 1 aromatic carbocycles. The second kappa shape index (κ2) is 6.27. The number of ether oxygens (including phenoxy) is 2. The fourth-order valence-corrected chi connectivity index (χ4v) is 2.10. The van der Waals surface area contributed by atoms with Gasteiger partial charge in [0, 0.05) is 30.3 Å². The Hall–Kier alpha value is -3.22. The van der Waals surface area contributed by atoms with Gasteiger partial charge in [0.1, 0.15) is 5.52 Å². The number of benzene rings is 1. The van der Waals surface area contributed by atoms with Gasteiger partial charge in [0.15, 0.2) is 17.1 Å². The topological polar surface area (TPSA) is 86.2 Å². The monoisotopic (exact) mass is 310 g/mol. The van der Waals surface area contributed by atoms with Gasteiger partial charge in [-0.15, -0.1) is 0 Å². The number of hydrogen-bond acceptors (Lipinski definition) is 6. The lowest BCUT2D eigenvalue weighted by Gasteiger charge is -2.10. The third-order valence-electron chi connectivity index (χ3n) is 3.23. The highest BCUT2D eigenvalue weighted by Gasteiger charge is 2.11. The van der Waals surface area contributed by atoms with Crippen molar-refractivity contribution in [1.29, 1.82) is 0 Å². The SMILES string of the molecule is COc1ccc(NC(=O)c2cnc3nccnc3c2)cc1OC. The van der Waals surface area contributed by atoms with E-state index in [1.807, 2.05) is 0 Å². The lowest BCUT2D eigenvalue weighted by atomic mass is 10.2. The second-order valence-electron chi connectivity index (χ2n) is 4.65. The fraction of sp³-hybridized carbons (Fsp3) is 0.125. The lowest BCUT2D eigenvalue weighted by Crippen LogP contribution is -2.12. The normalized spacial score (nSPS) is 10.3. The minimum Gasteiger partial charge on any atom is -0.493 e. The van der Waals surface area contributed by atoms with Crippen molar-refractivity contribution < 1.29 is 14.3 Å². The quantitative estimate of drug-likeness (QED) is 0.795. The van der Waals surface area contributed by atoms with Gasteiger partial charge in [-0.05, 0) is 18.2 Å². The Morgan fingerprint density at radius 3 is 2.57 bits per heavy atom. The summed E-state index contributed by atoms with van der Waals surface area (Å²) < 4.78 is 10.4. The van der Waals surface area contributed by atoms with E-state index in [0.717, 1.165) is 0 Å². The Morgan fingerprint density at radius 2 is 1.78 bits per heavy atom. The molecule has 1 N–H and O–H groups in total. The molecule has 7 heteroatoms. The largest absolute Gasteiger partial charge is 0.493 e. The van der Waals surface area contributed by atoms with Gasteiger partial charge < -0.3 is 14.8 Å². The first-order chi connectivity index (χ1) is 11.2. The molecule has 0 spiro atoms. The standard InChI is InChI=1S/C16H14N4O3/c1-22-13-4-3-11(8-14(13)23-2)20-16(21)10-7-12-15(19-9-10)18-6-5-17-12/h3-9H,1-2H3,(H,20,21). The summed E-state index contributed by atoms with van der Waals surface area (Å²) in [5.41, 5.74) is 2.04. The van der Waals surface area contributed by atoms with Crippen molar-refractivity contribution >= 4 is 22.8 Å². The summed E-state index contributed by atoms with van der Waals surface area (Å²) in [6, 6.07) is 6.78. The first kappa shape index (κ1) is 14.7. The third-order valence-corrected chi connectivity index (χ3v) is 3.23. The number of carbonyl (C=O) groups is 1. The zero-order valence-corrected chi connectivity index (χ0v) is 12.6. The summed E-state index contributed by atoms with van der Waals surface area (Å²) in [6.07, 6.45) is 4.58. The van der Waals surface area contributed by atoms with Crippen molar-refractivity contribution in [2.45, 2.75) is 0 Å². The van der Waals surface area contributed by atoms with Gasteiger partial charge >= 0.3 is 0 Å². The van der Waals surface area contributed by atoms with Crippen LogP contribution in [0.25, 0.3) is 11.2 Å². The molecule has 0 saturated carbocycles. The predicted molar refractivity (Wildman–Crippen MR) is 84.8 cm³/mol. The molecule has 0 fully saturated rings. The molecule has 1 amide bonds. The van der Waals surface area contributed by atoms with Crippen molar-refractivity contribution in [2.75, 3.05) is 19.5 Å². The third kappa shape index (κ3) is 3.03. The molecule has 3 rings (SSSR count). The van der Waals surface area contributed by atoms with Gasteiger partial charge in [0.25, 0.3) is 5.91 Å². The van der Waals surface area contributed by atoms with Crippen LogP contribution in [0.1, 0.15) is 10.4 Å². The van der Waals surface area contributed by atoms with Crippen molar-refractivity contribution in [3.8, 4) is 11.5 Å². The molecule has 0 saturated heterocycles. The molecule has 2 heterocycles. The second-order valence-corrected chi connectivity index (χ2v) is 4.65. The van der Waals surface area contributed by atoms with Crippen LogP contribution in [0.2, 0.25) is 0 Å². The van der Waals surface area contributed by atoms with E-state index in [2.05, 4.69) is 20.3 Å². The molecule has 0 unspecified atom stereocenters. The number of amides is 1. The van der Waals surface area contributed by atoms with Gasteiger partial charge in [-0.1, -0.05) is 0 Å². The average Bonchev–Trinajstić information content (AvgIpc) is 2.61. The first-order valence-electron chi connectivity index (χ1n) is 6.81. The molecule has 0 bridgehead atoms. The average molecular weight is 310 g/mol. The number of carbonyl (C=O) groups excluding carboxylic acids is 1. The van der Waals surface area contributed by atoms with Crippen LogP contribution in [0.4, 0.5) is 5.69 Å². The number of pyridine rings is 1. The molecule has 0 radical (unpaired) electrons. The number of anilines is 1. The number of nitrogens with zero attached hydrogens (tertiary/aromatic N) is 3. The van der Waals surface area contributed by atoms with Gasteiger partial charge in [-0.3, -0.25) is 9.78 Å². The summed E-state index contributed by atoms with van der Waals surface area (Å²) in [5, 5.41) is 2.79. The Bertz CT molecular complexity index is 867. The molecule has 0 atom stereocenters. The molecule has 0 aliphatic carbocycles. The molecular weight excluding hydrogens is 296 g/mol. The molecule has 3 aromatic rings. The molecule has 0 aliphatic rings. The van der Waals surface area contributed by atoms with Gasteiger partial charge in [0.05, 0.1) is 19.8 Å². The van der Waals surface area contributed by atoms with Crippen LogP contribution >= 0.6 is 0 Å². The van der Waals surface area contributed by atoms with Gasteiger partial charge in [-0.2, -0.15) is 0 Å². The Morgan fingerprint density at radius 1 is 1.00 bits per heavy atom. The first-order valence-corrected chi connectivity index (χ1v) is 6.81. The number of rotatable bonds is 4. The number of fused-ring (bicyclic) bond motifs is 1. The summed E-state index contributed by atoms with van der Waals surface area (Å²) >= 11 is 0. The Labute approximate surface area is 132 Å². The van der Waals surface area contributed by atoms with E-state index in [1.54, 1.807) is 43.8 Å². The highest BCUT2D eigenvalue weighted by molar-refractivity contribution is 6.05. The van der Waals surface area contributed by atoms with Crippen LogP contribution in [0.3, 0.4) is 0 Å². The van der Waals surface area contributed by atoms with Crippen molar-refractivity contribution in [3.05, 3.63) is 48.4 Å². The van der Waals surface area contributed by atoms with Crippen molar-refractivity contribution in [3.63, 3.8) is 0 Å². The maximum Gasteiger partial charge on any atom is 0.257 e. The molecule has 7 nitrogen and oxygen atoms in total. The highest BCUT2D eigenvalue weighted by Crippen LogP contribution is 2.29. The Balaban J connectivity index is 1.85. The summed E-state index contributed by atoms with van der Waals surface area (Å²) in [5.74, 6) is 0.832. The Kier molecular flexibility index (Phi) is 4.01. The molecule has 2 aromatic heterocycles. The van der Waals surface area contributed by atoms with Crippen LogP contribution in [0.15, 0.2) is 42.9 Å². The maximum absolute atomic E-state index is 12.3. The maximum atomic E-state index is 12.3. The van der Waals surface area contributed by atoms with Crippen LogP contribution in [0, 0.1) is 0 Å². The molecular formula is C16H14N4O3. The number of nitrogens with one attached hydrogen (secondary N) is 1. The van der Waals surface area contributed by atoms with E-state index in [0.29, 0.717) is 33.9 Å². The molecule has 116 valence electrons. The van der Waals surface area contributed by atoms with Crippen molar-refractivity contribution in [2.24, 2.45) is 0 Å². The van der Waals surface area contributed by atoms with Crippen LogP contribution in [-0.2, 0) is 0 Å². The predicted octanol–water partition coefficient (Wildman–Crippen LogP) is 2.29. The minimum absolute atomic E-state index is 0.294. The van der Waals surface area contributed by atoms with Crippen molar-refractivity contribution in [1.82, 2.24) is 15.0 Å². The summed E-state index contributed by atoms with van der Waals surface area (Å²) in [7, 11) is 3.09. The van der Waals surface area contributed by atoms with Crippen LogP contribution in [0.5, 0.6) is 11.5 Å². The zero-order valence-electron chi connectivity index (χ0n) is 12.6. The molecule has 0 aliphatic heterocycles. The highest BCUT2D eigenvalue weighted by atomic mass is 16.5. The van der Waals surface area contributed by atoms with E-state index in [4.69, 9.17) is 9.47 Å². The van der Waals surface area contributed by atoms with Crippen LogP contribution in [-0.4, -0.2) is 35.1 Å². The number of aromatic nitrogens is 3. The fourth-order valence-electron chi connectivity index (χ4n) is 2.10. The van der Waals surface area contributed by atoms with Gasteiger partial charge in [-0.25, -0.2) is 9.97 Å². The van der Waals surface area contributed by atoms with Gasteiger partial charge in [0.2, 0.25) is 0 Å². The van der Waals surface area contributed by atoms with E-state index in [9.17, 15) is 4.79 Å². The number of hydrogen-bond donors (Lipinski definition) is 1. The zero-order chi connectivity index (χ0) is 16.2. The summed E-state index contributed by atoms with van der Waals surface area (Å²) in [4.78, 5) is 24.7. The molecule has 23 heavy (non-hydrogen) atoms. The van der Waals surface area contributed by atoms with E-state index < -0.39 is 0 Å². The van der Waals surface area contributed by atoms with E-state index in [1.165, 1.54) is 13.3 Å². The smallest absolute Gasteiger partial charge is 0.257 e. The van der Waals surface area contributed by atoms with E-state index >= 15 is 0 Å².